The van der Waals surface area contributed by atoms with Crippen LogP contribution in [0.1, 0.15) is 35.5 Å². The number of carboxylic acids is 1. The quantitative estimate of drug-likeness (QED) is 0.388. The molecule has 0 fully saturated rings. The van der Waals surface area contributed by atoms with Gasteiger partial charge in [0.1, 0.15) is 10.6 Å². The summed E-state index contributed by atoms with van der Waals surface area (Å²) in [6.07, 6.45) is 0. The van der Waals surface area contributed by atoms with E-state index in [9.17, 15) is 23.1 Å². The Bertz CT molecular complexity index is 1640. The number of aryl methyl sites for hydroxylation is 1. The Morgan fingerprint density at radius 1 is 1.17 bits per heavy atom. The molecule has 35 heavy (non-hydrogen) atoms. The fourth-order valence-corrected chi connectivity index (χ4v) is 5.57. The van der Waals surface area contributed by atoms with Gasteiger partial charge in [-0.05, 0) is 44.0 Å². The first kappa shape index (κ1) is 24.1. The van der Waals surface area contributed by atoms with E-state index in [2.05, 4.69) is 9.97 Å². The zero-order valence-corrected chi connectivity index (χ0v) is 20.1. The number of sulfone groups is 1. The Morgan fingerprint density at radius 2 is 1.83 bits per heavy atom. The lowest BCUT2D eigenvalue weighted by Gasteiger charge is -2.26. The van der Waals surface area contributed by atoms with Gasteiger partial charge in [0.05, 0.1) is 23.1 Å². The van der Waals surface area contributed by atoms with Gasteiger partial charge in [-0.1, -0.05) is 30.3 Å². The predicted molar refractivity (Wildman–Crippen MR) is 127 cm³/mol. The van der Waals surface area contributed by atoms with Crippen LogP contribution >= 0.6 is 0 Å². The summed E-state index contributed by atoms with van der Waals surface area (Å²) in [6, 6.07) is 11.7. The van der Waals surface area contributed by atoms with Crippen molar-refractivity contribution in [2.45, 2.75) is 30.4 Å². The van der Waals surface area contributed by atoms with Crippen LogP contribution < -0.4 is 10.4 Å². The van der Waals surface area contributed by atoms with Crippen molar-refractivity contribution in [3.63, 3.8) is 0 Å². The van der Waals surface area contributed by atoms with E-state index in [1.54, 1.807) is 37.3 Å². The van der Waals surface area contributed by atoms with Crippen molar-refractivity contribution in [3.8, 4) is 11.4 Å². The van der Waals surface area contributed by atoms with E-state index in [-0.39, 0.29) is 27.5 Å². The highest BCUT2D eigenvalue weighted by molar-refractivity contribution is 7.92. The topological polar surface area (TPSA) is 131 Å². The molecular formula is C24H22FN3O6S. The molecule has 0 aliphatic heterocycles. The number of aromatic amines is 1. The fraction of sp³-hybridized carbons (Fsp3) is 0.208. The highest BCUT2D eigenvalue weighted by atomic mass is 32.2. The molecule has 0 amide bonds. The molecule has 2 aromatic heterocycles. The molecule has 2 N–H and O–H groups in total. The fourth-order valence-electron chi connectivity index (χ4n) is 3.90. The van der Waals surface area contributed by atoms with E-state index in [4.69, 9.17) is 4.74 Å². The average molecular weight is 500 g/mol. The summed E-state index contributed by atoms with van der Waals surface area (Å²) in [5.41, 5.74) is -0.635. The maximum absolute atomic E-state index is 15.3. The van der Waals surface area contributed by atoms with Gasteiger partial charge in [-0.2, -0.15) is 0 Å². The number of hydrogen-bond acceptors (Lipinski definition) is 6. The van der Waals surface area contributed by atoms with Crippen LogP contribution in [0.4, 0.5) is 4.39 Å². The number of pyridine rings is 1. The van der Waals surface area contributed by atoms with E-state index < -0.39 is 37.7 Å². The highest BCUT2D eigenvalue weighted by Gasteiger charge is 2.40. The number of aromatic nitrogens is 3. The Labute approximate surface area is 199 Å². The van der Waals surface area contributed by atoms with Gasteiger partial charge in [0, 0.05) is 6.07 Å². The van der Waals surface area contributed by atoms with Crippen LogP contribution in [-0.4, -0.2) is 41.1 Å². The van der Waals surface area contributed by atoms with Crippen LogP contribution in [0, 0.1) is 12.7 Å². The smallest absolute Gasteiger partial charge is 0.354 e. The Balaban J connectivity index is 2.03. The number of aromatic carboxylic acids is 1. The number of benzene rings is 2. The molecule has 0 atom stereocenters. The van der Waals surface area contributed by atoms with Crippen LogP contribution in [0.2, 0.25) is 0 Å². The summed E-state index contributed by atoms with van der Waals surface area (Å²) in [7, 11) is -2.98. The number of ether oxygens (including phenoxy) is 1. The Hall–Kier alpha value is -3.99. The van der Waals surface area contributed by atoms with E-state index in [1.165, 1.54) is 27.0 Å². The molecule has 0 aliphatic carbocycles. The second-order valence-corrected chi connectivity index (χ2v) is 10.9. The number of carboxylic acid groups (broad SMARTS) is 1. The van der Waals surface area contributed by atoms with Crippen molar-refractivity contribution in [2.24, 2.45) is 0 Å². The van der Waals surface area contributed by atoms with Crippen molar-refractivity contribution in [3.05, 3.63) is 81.7 Å². The molecule has 0 saturated carbocycles. The minimum absolute atomic E-state index is 0.151. The van der Waals surface area contributed by atoms with Gasteiger partial charge in [-0.25, -0.2) is 31.9 Å². The van der Waals surface area contributed by atoms with Gasteiger partial charge < -0.3 is 14.8 Å². The van der Waals surface area contributed by atoms with E-state index >= 15 is 4.39 Å². The number of rotatable bonds is 6. The molecule has 0 bridgehead atoms. The molecule has 4 rings (SSSR count). The lowest BCUT2D eigenvalue weighted by Crippen LogP contribution is -2.30. The highest BCUT2D eigenvalue weighted by Crippen LogP contribution is 2.40. The maximum atomic E-state index is 15.3. The van der Waals surface area contributed by atoms with Crippen LogP contribution in [0.5, 0.6) is 5.75 Å². The average Bonchev–Trinajstić information content (AvgIpc) is 3.15. The Kier molecular flexibility index (Phi) is 5.76. The number of fused-ring (bicyclic) bond motifs is 1. The lowest BCUT2D eigenvalue weighted by molar-refractivity contribution is 0.0690. The molecule has 0 saturated heterocycles. The first-order valence-electron chi connectivity index (χ1n) is 10.4. The third kappa shape index (κ3) is 3.77. The van der Waals surface area contributed by atoms with Gasteiger partial charge in [-0.15, -0.1) is 0 Å². The van der Waals surface area contributed by atoms with Crippen LogP contribution in [-0.2, 0) is 14.6 Å². The maximum Gasteiger partial charge on any atom is 0.354 e. The summed E-state index contributed by atoms with van der Waals surface area (Å²) in [4.78, 5) is 30.5. The zero-order valence-electron chi connectivity index (χ0n) is 19.3. The summed E-state index contributed by atoms with van der Waals surface area (Å²) in [5.74, 6) is -2.53. The van der Waals surface area contributed by atoms with Gasteiger partial charge in [0.15, 0.2) is 27.0 Å². The van der Waals surface area contributed by atoms with Crippen LogP contribution in [0.3, 0.4) is 0 Å². The molecule has 9 nitrogen and oxygen atoms in total. The zero-order chi connectivity index (χ0) is 25.7. The first-order valence-corrected chi connectivity index (χ1v) is 11.9. The van der Waals surface area contributed by atoms with Crippen LogP contribution in [0.15, 0.2) is 58.2 Å². The number of hydrogen-bond donors (Lipinski definition) is 2. The minimum Gasteiger partial charge on any atom is -0.495 e. The normalized spacial score (nSPS) is 12.1. The van der Waals surface area contributed by atoms with E-state index in [0.717, 1.165) is 16.7 Å². The molecular weight excluding hydrogens is 477 g/mol. The van der Waals surface area contributed by atoms with Crippen molar-refractivity contribution < 1.29 is 27.4 Å². The van der Waals surface area contributed by atoms with Gasteiger partial charge in [0.2, 0.25) is 0 Å². The predicted octanol–water partition coefficient (Wildman–Crippen LogP) is 3.58. The van der Waals surface area contributed by atoms with Gasteiger partial charge in [-0.3, -0.25) is 0 Å². The monoisotopic (exact) mass is 499 g/mol. The van der Waals surface area contributed by atoms with E-state index in [1.807, 2.05) is 0 Å². The standard InChI is InChI=1S/C24H22FN3O6S/c1-13-10-16(22(29)30)26-21-20(13)27-23(31)28(21)17-12-19(18(34-4)11-15(17)25)35(32,33)24(2,3)14-8-6-5-7-9-14/h5-12H,1-4H3,(H,27,31)(H,29,30). The number of halogens is 1. The summed E-state index contributed by atoms with van der Waals surface area (Å²) in [6.45, 7) is 4.60. The molecule has 11 heteroatoms. The SMILES string of the molecule is COc1cc(F)c(-n2c(=O)[nH]c3c(C)cc(C(=O)O)nc32)cc1S(=O)(=O)C(C)(C)c1ccccc1. The summed E-state index contributed by atoms with van der Waals surface area (Å²) < 4.78 is 47.5. The van der Waals surface area contributed by atoms with E-state index in [0.29, 0.717) is 11.1 Å². The summed E-state index contributed by atoms with van der Waals surface area (Å²) >= 11 is 0. The third-order valence-electron chi connectivity index (χ3n) is 5.97. The second-order valence-electron chi connectivity index (χ2n) is 8.43. The molecule has 0 aliphatic rings. The number of carbonyl (C=O) groups is 1. The number of imidazole rings is 1. The molecule has 2 heterocycles. The third-order valence-corrected chi connectivity index (χ3v) is 8.45. The largest absolute Gasteiger partial charge is 0.495 e. The Morgan fingerprint density at radius 3 is 2.43 bits per heavy atom. The van der Waals surface area contributed by atoms with Gasteiger partial charge in [0.25, 0.3) is 0 Å². The number of nitrogens with zero attached hydrogens (tertiary/aromatic N) is 2. The van der Waals surface area contributed by atoms with Crippen LogP contribution in [0.25, 0.3) is 16.9 Å². The van der Waals surface area contributed by atoms with Crippen molar-refractivity contribution in [2.75, 3.05) is 7.11 Å². The molecule has 2 aromatic carbocycles. The molecule has 0 spiro atoms. The molecule has 0 unspecified atom stereocenters. The molecule has 182 valence electrons. The summed E-state index contributed by atoms with van der Waals surface area (Å²) in [5, 5.41) is 9.38. The minimum atomic E-state index is -4.19. The number of nitrogens with one attached hydrogen (secondary N) is 1. The number of methoxy groups -OCH3 is 1. The first-order chi connectivity index (χ1) is 16.4. The van der Waals surface area contributed by atoms with Crippen molar-refractivity contribution in [1.82, 2.24) is 14.5 Å². The number of H-pyrrole nitrogens is 1. The second kappa shape index (κ2) is 8.35. The van der Waals surface area contributed by atoms with Gasteiger partial charge >= 0.3 is 11.7 Å². The lowest BCUT2D eigenvalue weighted by atomic mass is 10.0. The van der Waals surface area contributed by atoms with Crippen molar-refractivity contribution >= 4 is 27.0 Å². The molecule has 4 aromatic rings. The molecule has 0 radical (unpaired) electrons. The van der Waals surface area contributed by atoms with Crippen molar-refractivity contribution in [1.29, 1.82) is 0 Å².